The summed E-state index contributed by atoms with van der Waals surface area (Å²) < 4.78 is 2.04. The minimum absolute atomic E-state index is 0. The molecule has 134 valence electrons. The van der Waals surface area contributed by atoms with Crippen LogP contribution in [-0.2, 0) is 6.54 Å². The number of nitrogens with zero attached hydrogens (tertiary/aromatic N) is 6. The maximum absolute atomic E-state index is 4.39. The average molecular weight is 345 g/mol. The first-order valence-electron chi connectivity index (χ1n) is 8.80. The summed E-state index contributed by atoms with van der Waals surface area (Å²) in [6, 6.07) is 0.371. The number of halogens is 1. The Morgan fingerprint density at radius 3 is 2.39 bits per heavy atom. The second-order valence-electron chi connectivity index (χ2n) is 6.94. The lowest BCUT2D eigenvalue weighted by Gasteiger charge is -2.37. The van der Waals surface area contributed by atoms with Gasteiger partial charge in [0.05, 0.1) is 6.04 Å². The molecule has 0 N–H and O–H groups in total. The van der Waals surface area contributed by atoms with E-state index < -0.39 is 0 Å². The number of unbranched alkanes of at least 4 members (excludes halogenated alkanes) is 1. The molecule has 1 unspecified atom stereocenters. The highest BCUT2D eigenvalue weighted by Gasteiger charge is 2.27. The van der Waals surface area contributed by atoms with Crippen LogP contribution in [0.3, 0.4) is 0 Å². The second kappa shape index (κ2) is 10.2. The van der Waals surface area contributed by atoms with Crippen LogP contribution in [0.15, 0.2) is 0 Å². The maximum Gasteiger partial charge on any atom is 0.168 e. The van der Waals surface area contributed by atoms with Gasteiger partial charge >= 0.3 is 0 Å². The SMILES string of the molecule is CCCCC(c1nnnn1CCC(C)C)N1CCN(C)CC1.Cl. The molecule has 1 fully saturated rings. The molecule has 1 aromatic heterocycles. The third-order valence-electron chi connectivity index (χ3n) is 4.59. The molecule has 0 spiro atoms. The van der Waals surface area contributed by atoms with E-state index in [9.17, 15) is 0 Å². The quantitative estimate of drug-likeness (QED) is 0.725. The van der Waals surface area contributed by atoms with Crippen molar-refractivity contribution in [3.63, 3.8) is 0 Å². The fraction of sp³-hybridized carbons (Fsp3) is 0.938. The Hall–Kier alpha value is -0.720. The van der Waals surface area contributed by atoms with Gasteiger partial charge in [-0.25, -0.2) is 4.68 Å². The van der Waals surface area contributed by atoms with E-state index in [4.69, 9.17) is 0 Å². The fourth-order valence-electron chi connectivity index (χ4n) is 3.00. The molecule has 7 heteroatoms. The van der Waals surface area contributed by atoms with Crippen LogP contribution in [0.25, 0.3) is 0 Å². The van der Waals surface area contributed by atoms with Gasteiger partial charge in [-0.2, -0.15) is 0 Å². The molecular formula is C16H33ClN6. The molecule has 23 heavy (non-hydrogen) atoms. The summed E-state index contributed by atoms with van der Waals surface area (Å²) in [5.74, 6) is 1.74. The smallest absolute Gasteiger partial charge is 0.168 e. The van der Waals surface area contributed by atoms with Crippen molar-refractivity contribution >= 4 is 12.4 Å². The van der Waals surface area contributed by atoms with Crippen molar-refractivity contribution in [2.45, 2.75) is 59.0 Å². The minimum Gasteiger partial charge on any atom is -0.304 e. The Labute approximate surface area is 147 Å². The van der Waals surface area contributed by atoms with Crippen LogP contribution in [0.1, 0.15) is 58.3 Å². The van der Waals surface area contributed by atoms with Crippen molar-refractivity contribution in [1.82, 2.24) is 30.0 Å². The van der Waals surface area contributed by atoms with Crippen LogP contribution in [0.5, 0.6) is 0 Å². The van der Waals surface area contributed by atoms with Crippen LogP contribution in [0, 0.1) is 5.92 Å². The van der Waals surface area contributed by atoms with Gasteiger partial charge in [0.25, 0.3) is 0 Å². The summed E-state index contributed by atoms with van der Waals surface area (Å²) in [5, 5.41) is 12.6. The highest BCUT2D eigenvalue weighted by molar-refractivity contribution is 5.85. The van der Waals surface area contributed by atoms with E-state index in [-0.39, 0.29) is 12.4 Å². The fourth-order valence-corrected chi connectivity index (χ4v) is 3.00. The zero-order valence-electron chi connectivity index (χ0n) is 15.1. The topological polar surface area (TPSA) is 50.1 Å². The third kappa shape index (κ3) is 6.01. The Bertz CT molecular complexity index is 428. The predicted octanol–water partition coefficient (Wildman–Crippen LogP) is 2.62. The average Bonchev–Trinajstić information content (AvgIpc) is 2.95. The van der Waals surface area contributed by atoms with Crippen LogP contribution in [0.4, 0.5) is 0 Å². The largest absolute Gasteiger partial charge is 0.304 e. The van der Waals surface area contributed by atoms with E-state index in [1.54, 1.807) is 0 Å². The van der Waals surface area contributed by atoms with Crippen molar-refractivity contribution in [3.8, 4) is 0 Å². The highest BCUT2D eigenvalue weighted by Crippen LogP contribution is 2.25. The second-order valence-corrected chi connectivity index (χ2v) is 6.94. The number of aryl methyl sites for hydroxylation is 1. The Kier molecular flexibility index (Phi) is 9.02. The summed E-state index contributed by atoms with van der Waals surface area (Å²) in [6.45, 7) is 12.2. The Balaban J connectivity index is 0.00000264. The number of hydrogen-bond donors (Lipinski definition) is 0. The van der Waals surface area contributed by atoms with Gasteiger partial charge in [0.2, 0.25) is 0 Å². The minimum atomic E-state index is 0. The maximum atomic E-state index is 4.39. The zero-order valence-corrected chi connectivity index (χ0v) is 15.9. The monoisotopic (exact) mass is 344 g/mol. The molecular weight excluding hydrogens is 312 g/mol. The molecule has 0 aliphatic carbocycles. The van der Waals surface area contributed by atoms with Gasteiger partial charge in [0.1, 0.15) is 0 Å². The first kappa shape index (κ1) is 20.3. The summed E-state index contributed by atoms with van der Waals surface area (Å²) in [7, 11) is 2.20. The van der Waals surface area contributed by atoms with Crippen LogP contribution in [-0.4, -0.2) is 63.2 Å². The number of likely N-dealkylation sites (N-methyl/N-ethyl adjacent to an activating group) is 1. The van der Waals surface area contributed by atoms with Crippen LogP contribution in [0.2, 0.25) is 0 Å². The molecule has 1 saturated heterocycles. The lowest BCUT2D eigenvalue weighted by atomic mass is 10.1. The van der Waals surface area contributed by atoms with Gasteiger partial charge in [-0.3, -0.25) is 4.90 Å². The summed E-state index contributed by atoms with van der Waals surface area (Å²) in [6.07, 6.45) is 4.73. The number of rotatable bonds is 8. The number of aromatic nitrogens is 4. The third-order valence-corrected chi connectivity index (χ3v) is 4.59. The molecule has 6 nitrogen and oxygen atoms in total. The molecule has 0 aromatic carbocycles. The molecule has 2 heterocycles. The van der Waals surface area contributed by atoms with Crippen molar-refractivity contribution in [2.75, 3.05) is 33.2 Å². The van der Waals surface area contributed by atoms with Gasteiger partial charge in [0, 0.05) is 32.7 Å². The molecule has 0 bridgehead atoms. The molecule has 0 radical (unpaired) electrons. The van der Waals surface area contributed by atoms with Crippen molar-refractivity contribution < 1.29 is 0 Å². The summed E-state index contributed by atoms with van der Waals surface area (Å²) >= 11 is 0. The molecule has 1 aliphatic rings. The number of tetrazole rings is 1. The first-order chi connectivity index (χ1) is 10.6. The molecule has 1 aliphatic heterocycles. The highest BCUT2D eigenvalue weighted by atomic mass is 35.5. The van der Waals surface area contributed by atoms with E-state index in [1.807, 2.05) is 4.68 Å². The van der Waals surface area contributed by atoms with Crippen molar-refractivity contribution in [2.24, 2.45) is 5.92 Å². The van der Waals surface area contributed by atoms with Gasteiger partial charge < -0.3 is 4.90 Å². The van der Waals surface area contributed by atoms with E-state index in [1.165, 1.54) is 12.8 Å². The Morgan fingerprint density at radius 2 is 1.78 bits per heavy atom. The lowest BCUT2D eigenvalue weighted by molar-refractivity contribution is 0.0983. The van der Waals surface area contributed by atoms with Gasteiger partial charge in [-0.1, -0.05) is 33.6 Å². The normalized spacial score (nSPS) is 18.1. The van der Waals surface area contributed by atoms with Gasteiger partial charge in [-0.05, 0) is 36.2 Å². The lowest BCUT2D eigenvalue weighted by Crippen LogP contribution is -2.46. The van der Waals surface area contributed by atoms with Crippen molar-refractivity contribution in [1.29, 1.82) is 0 Å². The molecule has 0 amide bonds. The van der Waals surface area contributed by atoms with Gasteiger partial charge in [-0.15, -0.1) is 17.5 Å². The Morgan fingerprint density at radius 1 is 1.09 bits per heavy atom. The number of hydrogen-bond acceptors (Lipinski definition) is 5. The zero-order chi connectivity index (χ0) is 15.9. The number of piperazine rings is 1. The van der Waals surface area contributed by atoms with Gasteiger partial charge in [0.15, 0.2) is 5.82 Å². The molecule has 1 aromatic rings. The molecule has 1 atom stereocenters. The summed E-state index contributed by atoms with van der Waals surface area (Å²) in [5.41, 5.74) is 0. The standard InChI is InChI=1S/C16H32N6.ClH/c1-5-6-7-15(21-12-10-20(4)11-13-21)16-17-18-19-22(16)9-8-14(2)3;/h14-15H,5-13H2,1-4H3;1H. The van der Waals surface area contributed by atoms with Crippen molar-refractivity contribution in [3.05, 3.63) is 5.82 Å². The van der Waals surface area contributed by atoms with Crippen LogP contribution < -0.4 is 0 Å². The predicted molar refractivity (Wildman–Crippen MR) is 95.9 cm³/mol. The van der Waals surface area contributed by atoms with E-state index >= 15 is 0 Å². The molecule has 0 saturated carbocycles. The van der Waals surface area contributed by atoms with E-state index in [0.29, 0.717) is 12.0 Å². The summed E-state index contributed by atoms with van der Waals surface area (Å²) in [4.78, 5) is 4.97. The first-order valence-corrected chi connectivity index (χ1v) is 8.80. The van der Waals surface area contributed by atoms with E-state index in [0.717, 1.165) is 51.4 Å². The molecule has 2 rings (SSSR count). The van der Waals surface area contributed by atoms with Crippen LogP contribution >= 0.6 is 12.4 Å². The van der Waals surface area contributed by atoms with E-state index in [2.05, 4.69) is 53.1 Å².